The van der Waals surface area contributed by atoms with Crippen molar-refractivity contribution in [3.05, 3.63) is 45.5 Å². The van der Waals surface area contributed by atoms with Crippen LogP contribution < -0.4 is 22.4 Å². The first-order valence-electron chi connectivity index (χ1n) is 13.3. The summed E-state index contributed by atoms with van der Waals surface area (Å²) in [6.45, 7) is 7.52. The average molecular weight is 585 g/mol. The molecule has 4 heterocycles. The van der Waals surface area contributed by atoms with E-state index in [2.05, 4.69) is 15.3 Å². The number of hydrogen-bond donors (Lipinski definition) is 4. The van der Waals surface area contributed by atoms with Gasteiger partial charge in [0.1, 0.15) is 11.6 Å². The maximum atomic E-state index is 14.9. The number of nitrogens with zero attached hydrogens (tertiary/aromatic N) is 4. The number of hydrogen-bond acceptors (Lipinski definition) is 10. The van der Waals surface area contributed by atoms with Crippen molar-refractivity contribution in [2.75, 3.05) is 24.3 Å². The van der Waals surface area contributed by atoms with Crippen molar-refractivity contribution >= 4 is 17.5 Å². The van der Waals surface area contributed by atoms with Crippen molar-refractivity contribution in [2.45, 2.75) is 84.5 Å². The number of nitrogens with one attached hydrogen (secondary N) is 1. The van der Waals surface area contributed by atoms with Crippen molar-refractivity contribution < 1.29 is 33.3 Å². The van der Waals surface area contributed by atoms with Gasteiger partial charge in [-0.3, -0.25) is 13.9 Å². The first kappa shape index (κ1) is 32.2. The molecular formula is C26H38F2N6O7. The number of amides is 1. The summed E-state index contributed by atoms with van der Waals surface area (Å²) in [4.78, 5) is 42.0. The Bertz CT molecular complexity index is 1340. The Morgan fingerprint density at radius 3 is 1.95 bits per heavy atom. The van der Waals surface area contributed by atoms with Crippen LogP contribution in [0.15, 0.2) is 34.1 Å². The van der Waals surface area contributed by atoms with Crippen molar-refractivity contribution in [2.24, 2.45) is 10.8 Å². The van der Waals surface area contributed by atoms with E-state index in [1.54, 1.807) is 0 Å². The van der Waals surface area contributed by atoms with E-state index >= 15 is 0 Å². The second kappa shape index (κ2) is 12.7. The van der Waals surface area contributed by atoms with E-state index in [0.29, 0.717) is 12.8 Å². The van der Waals surface area contributed by atoms with Crippen molar-refractivity contribution in [1.82, 2.24) is 19.1 Å². The summed E-state index contributed by atoms with van der Waals surface area (Å²) in [5.41, 5.74) is 2.06. The predicted molar refractivity (Wildman–Crippen MR) is 144 cm³/mol. The molecular weight excluding hydrogens is 546 g/mol. The van der Waals surface area contributed by atoms with Gasteiger partial charge in [0.05, 0.1) is 30.8 Å². The zero-order chi connectivity index (χ0) is 30.7. The number of ether oxygens (including phenoxy) is 2. The largest absolute Gasteiger partial charge is 0.396 e. The minimum atomic E-state index is -1.65. The molecule has 5 N–H and O–H groups in total. The van der Waals surface area contributed by atoms with E-state index in [1.807, 2.05) is 20.8 Å². The van der Waals surface area contributed by atoms with E-state index in [-0.39, 0.29) is 23.6 Å². The number of alkyl halides is 2. The molecule has 0 radical (unpaired) electrons. The van der Waals surface area contributed by atoms with Crippen LogP contribution in [0.5, 0.6) is 0 Å². The highest BCUT2D eigenvalue weighted by Gasteiger charge is 2.55. The summed E-state index contributed by atoms with van der Waals surface area (Å²) in [5.74, 6) is -0.152. The second-order valence-corrected chi connectivity index (χ2v) is 10.7. The van der Waals surface area contributed by atoms with Gasteiger partial charge in [0.25, 0.3) is 0 Å². The fourth-order valence-electron chi connectivity index (χ4n) is 5.11. The van der Waals surface area contributed by atoms with Crippen LogP contribution in [0.25, 0.3) is 0 Å². The highest BCUT2D eigenvalue weighted by Crippen LogP contribution is 2.48. The molecule has 41 heavy (non-hydrogen) atoms. The number of aromatic nitrogens is 4. The Morgan fingerprint density at radius 2 is 1.54 bits per heavy atom. The number of nitrogen functional groups attached to an aromatic ring is 1. The summed E-state index contributed by atoms with van der Waals surface area (Å²) in [6, 6.07) is 2.81. The molecule has 0 unspecified atom stereocenters. The van der Waals surface area contributed by atoms with Crippen molar-refractivity contribution in [1.29, 1.82) is 0 Å². The number of carbonyl (C=O) groups excluding carboxylic acids is 1. The van der Waals surface area contributed by atoms with Crippen LogP contribution in [-0.4, -0.2) is 73.0 Å². The molecule has 2 aromatic heterocycles. The molecule has 4 rings (SSSR count). The molecule has 0 bridgehead atoms. The number of nitrogens with two attached hydrogens (primary N) is 1. The van der Waals surface area contributed by atoms with Gasteiger partial charge in [-0.15, -0.1) is 0 Å². The van der Waals surface area contributed by atoms with Gasteiger partial charge in [0.15, 0.2) is 24.8 Å². The van der Waals surface area contributed by atoms with Crippen molar-refractivity contribution in [3.63, 3.8) is 0 Å². The number of halogens is 2. The van der Waals surface area contributed by atoms with Gasteiger partial charge in [0.2, 0.25) is 5.91 Å². The molecule has 13 nitrogen and oxygen atoms in total. The van der Waals surface area contributed by atoms with Gasteiger partial charge in [-0.25, -0.2) is 18.4 Å². The molecule has 0 aliphatic carbocycles. The molecule has 2 fully saturated rings. The first-order valence-corrected chi connectivity index (χ1v) is 13.3. The van der Waals surface area contributed by atoms with Crippen LogP contribution >= 0.6 is 0 Å². The predicted octanol–water partition coefficient (Wildman–Crippen LogP) is 1.32. The van der Waals surface area contributed by atoms with Gasteiger partial charge in [-0.05, 0) is 25.0 Å². The maximum Gasteiger partial charge on any atom is 0.351 e. The van der Waals surface area contributed by atoms with Gasteiger partial charge in [-0.1, -0.05) is 27.7 Å². The van der Waals surface area contributed by atoms with E-state index in [0.717, 1.165) is 9.13 Å². The third-order valence-electron chi connectivity index (χ3n) is 8.01. The second-order valence-electron chi connectivity index (χ2n) is 10.7. The maximum absolute atomic E-state index is 14.9. The minimum Gasteiger partial charge on any atom is -0.396 e. The fourth-order valence-corrected chi connectivity index (χ4v) is 5.11. The third kappa shape index (κ3) is 6.17. The fraction of sp³-hybridized carbons (Fsp3) is 0.654. The molecule has 15 heteroatoms. The van der Waals surface area contributed by atoms with E-state index in [4.69, 9.17) is 15.2 Å². The lowest BCUT2D eigenvalue weighted by atomic mass is 9.78. The summed E-state index contributed by atoms with van der Waals surface area (Å²) in [7, 11) is 0. The summed E-state index contributed by atoms with van der Waals surface area (Å²) in [6.07, 6.45) is -2.35. The van der Waals surface area contributed by atoms with Crippen LogP contribution in [0.4, 0.5) is 20.4 Å². The molecule has 1 amide bonds. The van der Waals surface area contributed by atoms with Crippen LogP contribution in [-0.2, 0) is 14.3 Å². The molecule has 2 aliphatic heterocycles. The molecule has 2 aliphatic rings. The van der Waals surface area contributed by atoms with Crippen molar-refractivity contribution in [3.8, 4) is 0 Å². The van der Waals surface area contributed by atoms with Gasteiger partial charge in [-0.2, -0.15) is 9.97 Å². The minimum absolute atomic E-state index is 0.0262. The topological polar surface area (TPSA) is 184 Å². The molecule has 2 aromatic rings. The first-order chi connectivity index (χ1) is 19.3. The molecule has 2 saturated heterocycles. The van der Waals surface area contributed by atoms with Crippen LogP contribution in [0.2, 0.25) is 0 Å². The molecule has 228 valence electrons. The smallest absolute Gasteiger partial charge is 0.351 e. The normalized spacial score (nSPS) is 32.8. The third-order valence-corrected chi connectivity index (χ3v) is 8.01. The highest BCUT2D eigenvalue weighted by molar-refractivity contribution is 5.87. The zero-order valence-corrected chi connectivity index (χ0v) is 23.7. The SMILES string of the molecule is CC[C@H]1O[C@@H](n2ccc(NC(C)=O)nc2=O)[C@@H](F)[C@]1(C)CC.C[C@]1(CO)[C@H](F)[C@@H](n2ccc(N)nc2=O)O[C@@H]1CO. The zero-order valence-electron chi connectivity index (χ0n) is 23.7. The number of carbonyl (C=O) groups is 1. The number of aliphatic hydroxyl groups excluding tert-OH is 2. The van der Waals surface area contributed by atoms with Gasteiger partial charge in [0, 0.05) is 24.7 Å². The van der Waals surface area contributed by atoms with Gasteiger partial charge >= 0.3 is 11.4 Å². The average Bonchev–Trinajstić information content (AvgIpc) is 3.34. The number of aliphatic hydroxyl groups is 2. The summed E-state index contributed by atoms with van der Waals surface area (Å²) >= 11 is 0. The van der Waals surface area contributed by atoms with Crippen LogP contribution in [0, 0.1) is 10.8 Å². The van der Waals surface area contributed by atoms with E-state index in [1.165, 1.54) is 38.4 Å². The van der Waals surface area contributed by atoms with E-state index in [9.17, 15) is 33.4 Å². The Hall–Kier alpha value is -3.27. The quantitative estimate of drug-likeness (QED) is 0.370. The lowest BCUT2D eigenvalue weighted by molar-refractivity contribution is -0.114. The monoisotopic (exact) mass is 584 g/mol. The Kier molecular flexibility index (Phi) is 10.00. The number of rotatable bonds is 7. The molecule has 0 spiro atoms. The molecule has 8 atom stereocenters. The Balaban J connectivity index is 0.000000228. The van der Waals surface area contributed by atoms with Crippen LogP contribution in [0.1, 0.15) is 59.9 Å². The summed E-state index contributed by atoms with van der Waals surface area (Å²) in [5, 5.41) is 20.9. The lowest BCUT2D eigenvalue weighted by Crippen LogP contribution is -2.41. The highest BCUT2D eigenvalue weighted by atomic mass is 19.1. The Morgan fingerprint density at radius 1 is 1.00 bits per heavy atom. The lowest BCUT2D eigenvalue weighted by Gasteiger charge is -2.29. The summed E-state index contributed by atoms with van der Waals surface area (Å²) < 4.78 is 42.5. The van der Waals surface area contributed by atoms with Gasteiger partial charge < -0.3 is 30.7 Å². The standard InChI is InChI=1S/C15H22FN3O3.C11H16FN3O4/c1-5-10-15(4,6-2)12(16)13(22-10)19-8-7-11(17-9(3)20)18-14(19)21;1-11(5-17)6(4-16)19-9(8(11)12)15-3-2-7(13)14-10(15)18/h7-8,10,12-13H,5-6H2,1-4H3,(H,17,18,20,21);2-3,6,8-9,16-17H,4-5H2,1H3,(H2,13,14,18)/t10-,12-,13-,15-;6-,8-,9+,11-/m11/s1. The molecule has 0 aromatic carbocycles. The van der Waals surface area contributed by atoms with E-state index < -0.39 is 66.3 Å². The Labute approximate surface area is 235 Å². The molecule has 0 saturated carbocycles. The number of anilines is 2. The van der Waals surface area contributed by atoms with Crippen LogP contribution in [0.3, 0.4) is 0 Å².